The Bertz CT molecular complexity index is 664. The summed E-state index contributed by atoms with van der Waals surface area (Å²) in [5.74, 6) is 0.890. The fourth-order valence-electron chi connectivity index (χ4n) is 1.85. The average Bonchev–Trinajstić information content (AvgIpc) is 3.00. The minimum Gasteiger partial charge on any atom is -0.410 e. The number of carbonyl (C=O) groups is 1. The van der Waals surface area contributed by atoms with Crippen LogP contribution in [0.2, 0.25) is 5.02 Å². The number of nitrogens with zero attached hydrogens (tertiary/aromatic N) is 2. The van der Waals surface area contributed by atoms with Crippen molar-refractivity contribution in [3.8, 4) is 0 Å². The number of benzene rings is 1. The topological polar surface area (TPSA) is 95.7 Å². The number of nitrogens with one attached hydrogen (secondary N) is 1. The van der Waals surface area contributed by atoms with Crippen LogP contribution >= 0.6 is 23.4 Å². The van der Waals surface area contributed by atoms with Gasteiger partial charge in [-0.2, -0.15) is 0 Å². The van der Waals surface area contributed by atoms with Gasteiger partial charge in [0.15, 0.2) is 6.04 Å². The zero-order valence-electron chi connectivity index (χ0n) is 13.1. The van der Waals surface area contributed by atoms with Crippen LogP contribution in [0.1, 0.15) is 32.2 Å². The molecule has 0 spiro atoms. The molecule has 0 fully saturated rings. The van der Waals surface area contributed by atoms with E-state index in [4.69, 9.17) is 16.0 Å². The van der Waals surface area contributed by atoms with Crippen LogP contribution in [0.3, 0.4) is 0 Å². The van der Waals surface area contributed by atoms with E-state index in [1.807, 2.05) is 0 Å². The van der Waals surface area contributed by atoms with Gasteiger partial charge >= 0.3 is 0 Å². The lowest BCUT2D eigenvalue weighted by Crippen LogP contribution is -2.56. The number of anilines is 1. The molecule has 2 aromatic rings. The molecular formula is C15H20ClN4O2S+. The highest BCUT2D eigenvalue weighted by Gasteiger charge is 2.23. The first-order valence-electron chi connectivity index (χ1n) is 7.34. The summed E-state index contributed by atoms with van der Waals surface area (Å²) in [6.07, 6.45) is 0.987. The fraction of sp³-hybridized carbons (Fsp3) is 0.400. The van der Waals surface area contributed by atoms with Gasteiger partial charge in [0.2, 0.25) is 5.91 Å². The minimum atomic E-state index is -0.162. The van der Waals surface area contributed by atoms with Crippen LogP contribution in [-0.4, -0.2) is 21.9 Å². The molecule has 0 bridgehead atoms. The molecule has 0 saturated heterocycles. The van der Waals surface area contributed by atoms with E-state index in [2.05, 4.69) is 35.1 Å². The maximum absolute atomic E-state index is 11.9. The number of thioether (sulfide) groups is 1. The van der Waals surface area contributed by atoms with Crippen molar-refractivity contribution in [2.75, 3.05) is 11.1 Å². The van der Waals surface area contributed by atoms with Gasteiger partial charge in [0.1, 0.15) is 0 Å². The van der Waals surface area contributed by atoms with Crippen LogP contribution in [0.15, 0.2) is 33.9 Å². The molecule has 1 aromatic heterocycles. The predicted molar refractivity (Wildman–Crippen MR) is 90.2 cm³/mol. The number of quaternary nitrogens is 1. The van der Waals surface area contributed by atoms with E-state index < -0.39 is 0 Å². The normalized spacial score (nSPS) is 13.6. The number of rotatable bonds is 7. The number of carbonyl (C=O) groups excluding carboxylic acids is 1. The van der Waals surface area contributed by atoms with Crippen molar-refractivity contribution in [1.82, 2.24) is 10.2 Å². The summed E-state index contributed by atoms with van der Waals surface area (Å²) >= 11 is 7.07. The first kappa shape index (κ1) is 17.8. The molecule has 2 rings (SSSR count). The highest BCUT2D eigenvalue weighted by atomic mass is 35.5. The van der Waals surface area contributed by atoms with Crippen LogP contribution in [0.5, 0.6) is 0 Å². The third-order valence-corrected chi connectivity index (χ3v) is 4.56. The molecule has 0 aliphatic heterocycles. The molecule has 23 heavy (non-hydrogen) atoms. The summed E-state index contributed by atoms with van der Waals surface area (Å²) in [7, 11) is 0. The molecule has 6 nitrogen and oxygen atoms in total. The molecule has 2 unspecified atom stereocenters. The van der Waals surface area contributed by atoms with Gasteiger partial charge in [-0.15, -0.1) is 10.2 Å². The second kappa shape index (κ2) is 8.33. The van der Waals surface area contributed by atoms with Gasteiger partial charge in [-0.3, -0.25) is 4.79 Å². The molecule has 8 heteroatoms. The van der Waals surface area contributed by atoms with Crippen LogP contribution < -0.4 is 11.1 Å². The number of hydrogen-bond donors (Lipinski definition) is 2. The average molecular weight is 356 g/mol. The Labute approximate surface area is 144 Å². The molecule has 124 valence electrons. The molecule has 1 amide bonds. The Morgan fingerprint density at radius 3 is 2.96 bits per heavy atom. The lowest BCUT2D eigenvalue weighted by atomic mass is 10.0. The van der Waals surface area contributed by atoms with E-state index in [0.717, 1.165) is 6.42 Å². The zero-order chi connectivity index (χ0) is 16.8. The van der Waals surface area contributed by atoms with E-state index in [9.17, 15) is 4.79 Å². The lowest BCUT2D eigenvalue weighted by molar-refractivity contribution is -0.444. The quantitative estimate of drug-likeness (QED) is 0.744. The standard InChI is InChI=1S/C15H19ClN4O2S/c1-3-9(2)13(17)14-19-20-15(22-14)23-8-12(21)18-11-6-4-5-10(16)7-11/h4-7,9,13H,3,8,17H2,1-2H3,(H,18,21)/p+1. The van der Waals surface area contributed by atoms with Crippen molar-refractivity contribution in [2.45, 2.75) is 31.5 Å². The number of halogens is 1. The van der Waals surface area contributed by atoms with Crippen molar-refractivity contribution in [3.63, 3.8) is 0 Å². The van der Waals surface area contributed by atoms with Gasteiger partial charge < -0.3 is 15.5 Å². The summed E-state index contributed by atoms with van der Waals surface area (Å²) < 4.78 is 5.57. The highest BCUT2D eigenvalue weighted by molar-refractivity contribution is 7.99. The van der Waals surface area contributed by atoms with Crippen LogP contribution in [-0.2, 0) is 4.79 Å². The molecule has 0 aliphatic carbocycles. The zero-order valence-corrected chi connectivity index (χ0v) is 14.7. The van der Waals surface area contributed by atoms with Gasteiger partial charge in [0.05, 0.1) is 5.75 Å². The molecule has 0 aliphatic rings. The number of aromatic nitrogens is 2. The Kier molecular flexibility index (Phi) is 6.44. The van der Waals surface area contributed by atoms with Crippen LogP contribution in [0, 0.1) is 5.92 Å². The third kappa shape index (κ3) is 5.23. The van der Waals surface area contributed by atoms with Crippen LogP contribution in [0.25, 0.3) is 0 Å². The van der Waals surface area contributed by atoms with Gasteiger partial charge in [-0.25, -0.2) is 0 Å². The molecule has 0 radical (unpaired) electrons. The largest absolute Gasteiger partial charge is 0.410 e. The van der Waals surface area contributed by atoms with Crippen LogP contribution in [0.4, 0.5) is 5.69 Å². The third-order valence-electron chi connectivity index (χ3n) is 3.51. The number of amides is 1. The van der Waals surface area contributed by atoms with Gasteiger partial charge in [0, 0.05) is 16.6 Å². The lowest BCUT2D eigenvalue weighted by Gasteiger charge is -2.09. The summed E-state index contributed by atoms with van der Waals surface area (Å²) in [5, 5.41) is 11.7. The molecule has 2 atom stereocenters. The Hall–Kier alpha value is -1.57. The first-order valence-corrected chi connectivity index (χ1v) is 8.70. The van der Waals surface area contributed by atoms with Gasteiger partial charge in [-0.05, 0) is 24.6 Å². The van der Waals surface area contributed by atoms with E-state index in [-0.39, 0.29) is 17.7 Å². The maximum Gasteiger partial charge on any atom is 0.277 e. The van der Waals surface area contributed by atoms with Crippen molar-refractivity contribution in [3.05, 3.63) is 35.2 Å². The molecule has 0 saturated carbocycles. The second-order valence-corrected chi connectivity index (χ2v) is 6.61. The summed E-state index contributed by atoms with van der Waals surface area (Å²) in [5.41, 5.74) is 4.71. The van der Waals surface area contributed by atoms with Crippen molar-refractivity contribution in [1.29, 1.82) is 0 Å². The van der Waals surface area contributed by atoms with E-state index in [1.54, 1.807) is 24.3 Å². The van der Waals surface area contributed by atoms with Crippen molar-refractivity contribution >= 4 is 35.0 Å². The second-order valence-electron chi connectivity index (χ2n) is 5.25. The monoisotopic (exact) mass is 355 g/mol. The molecular weight excluding hydrogens is 336 g/mol. The van der Waals surface area contributed by atoms with Gasteiger partial charge in [-0.1, -0.05) is 43.3 Å². The number of hydrogen-bond acceptors (Lipinski definition) is 5. The van der Waals surface area contributed by atoms with Crippen molar-refractivity contribution in [2.24, 2.45) is 5.92 Å². The van der Waals surface area contributed by atoms with Gasteiger partial charge in [0.25, 0.3) is 11.1 Å². The Morgan fingerprint density at radius 2 is 2.26 bits per heavy atom. The summed E-state index contributed by atoms with van der Waals surface area (Å²) in [4.78, 5) is 11.9. The smallest absolute Gasteiger partial charge is 0.277 e. The summed E-state index contributed by atoms with van der Waals surface area (Å²) in [6, 6.07) is 6.95. The SMILES string of the molecule is CCC(C)C([NH3+])c1nnc(SCC(=O)Nc2cccc(Cl)c2)o1. The Morgan fingerprint density at radius 1 is 1.48 bits per heavy atom. The minimum absolute atomic E-state index is 0.0397. The highest BCUT2D eigenvalue weighted by Crippen LogP contribution is 2.23. The molecule has 1 aromatic carbocycles. The maximum atomic E-state index is 11.9. The van der Waals surface area contributed by atoms with Crippen molar-refractivity contribution < 1.29 is 14.9 Å². The Balaban J connectivity index is 1.86. The predicted octanol–water partition coefficient (Wildman–Crippen LogP) is 2.78. The fourth-order valence-corrected chi connectivity index (χ4v) is 2.61. The molecule has 1 heterocycles. The van der Waals surface area contributed by atoms with E-state index in [1.165, 1.54) is 11.8 Å². The first-order chi connectivity index (χ1) is 11.0. The molecule has 4 N–H and O–H groups in total. The van der Waals surface area contributed by atoms with E-state index in [0.29, 0.717) is 27.7 Å². The van der Waals surface area contributed by atoms with E-state index >= 15 is 0 Å². The summed E-state index contributed by atoms with van der Waals surface area (Å²) in [6.45, 7) is 4.18.